The molecule has 7 nitrogen and oxygen atoms in total. The van der Waals surface area contributed by atoms with Crippen molar-refractivity contribution in [3.05, 3.63) is 90.4 Å². The van der Waals surface area contributed by atoms with Crippen LogP contribution < -0.4 is 5.73 Å². The van der Waals surface area contributed by atoms with E-state index in [1.54, 1.807) is 11.8 Å². The fourth-order valence-corrected chi connectivity index (χ4v) is 4.95. The molecule has 0 fully saturated rings. The number of nitrogens with one attached hydrogen (secondary N) is 1. The summed E-state index contributed by atoms with van der Waals surface area (Å²) in [7, 11) is 0. The number of hydrogen-bond donors (Lipinski definition) is 2. The predicted octanol–water partition coefficient (Wildman–Crippen LogP) is 5.54. The topological polar surface area (TPSA) is 98.3 Å². The van der Waals surface area contributed by atoms with Crippen molar-refractivity contribution in [2.24, 2.45) is 0 Å². The average molecular weight is 464 g/mol. The van der Waals surface area contributed by atoms with Gasteiger partial charge in [0, 0.05) is 33.7 Å². The second-order valence-electron chi connectivity index (χ2n) is 8.06. The zero-order chi connectivity index (χ0) is 23.1. The van der Waals surface area contributed by atoms with Gasteiger partial charge in [-0.25, -0.2) is 9.97 Å². The Hall–Kier alpha value is -4.17. The summed E-state index contributed by atoms with van der Waals surface area (Å²) in [4.78, 5) is 12.6. The fourth-order valence-electron chi connectivity index (χ4n) is 4.14. The zero-order valence-corrected chi connectivity index (χ0v) is 19.3. The van der Waals surface area contributed by atoms with Gasteiger partial charge in [0.25, 0.3) is 0 Å². The molecule has 0 aliphatic carbocycles. The van der Waals surface area contributed by atoms with Crippen LogP contribution in [0.15, 0.2) is 84.1 Å². The molecule has 0 aliphatic heterocycles. The SMILES string of the molecule is Cc1cccc(-n2c(SCc3nc(N)c4ccccc4n3)nnc2-c2c[nH]c3ccccc23)c1. The molecular weight excluding hydrogens is 442 g/mol. The van der Waals surface area contributed by atoms with Crippen LogP contribution in [0.2, 0.25) is 0 Å². The summed E-state index contributed by atoms with van der Waals surface area (Å²) in [5.41, 5.74) is 11.3. The lowest BCUT2D eigenvalue weighted by Gasteiger charge is -2.11. The monoisotopic (exact) mass is 463 g/mol. The Morgan fingerprint density at radius 2 is 1.74 bits per heavy atom. The lowest BCUT2D eigenvalue weighted by molar-refractivity contribution is 0.883. The standard InChI is InChI=1S/C26H21N7S/c1-16-7-6-8-17(13-16)33-25(20-14-28-21-11-4-2-9-18(20)21)31-32-26(33)34-15-23-29-22-12-5-3-10-19(22)24(27)30-23/h2-14,28H,15H2,1H3,(H2,27,29,30). The van der Waals surface area contributed by atoms with Crippen LogP contribution in [0.4, 0.5) is 5.82 Å². The largest absolute Gasteiger partial charge is 0.383 e. The third kappa shape index (κ3) is 3.58. The molecule has 0 amide bonds. The summed E-state index contributed by atoms with van der Waals surface area (Å²) < 4.78 is 2.09. The Labute approximate surface area is 200 Å². The molecule has 0 unspecified atom stereocenters. The van der Waals surface area contributed by atoms with E-state index in [1.807, 2.05) is 48.7 Å². The summed E-state index contributed by atoms with van der Waals surface area (Å²) in [6, 6.07) is 24.3. The van der Waals surface area contributed by atoms with Crippen molar-refractivity contribution in [3.8, 4) is 17.1 Å². The van der Waals surface area contributed by atoms with Gasteiger partial charge in [0.1, 0.15) is 11.6 Å². The molecule has 3 N–H and O–H groups in total. The van der Waals surface area contributed by atoms with Gasteiger partial charge in [-0.15, -0.1) is 10.2 Å². The number of nitrogens with zero attached hydrogens (tertiary/aromatic N) is 5. The van der Waals surface area contributed by atoms with E-state index in [0.717, 1.165) is 49.6 Å². The maximum absolute atomic E-state index is 6.19. The number of benzene rings is 3. The van der Waals surface area contributed by atoms with Crippen LogP contribution in [-0.4, -0.2) is 29.7 Å². The minimum atomic E-state index is 0.487. The van der Waals surface area contributed by atoms with Crippen LogP contribution in [0.1, 0.15) is 11.4 Å². The third-order valence-corrected chi connectivity index (χ3v) is 6.66. The summed E-state index contributed by atoms with van der Waals surface area (Å²) >= 11 is 1.54. The Bertz CT molecular complexity index is 1650. The van der Waals surface area contributed by atoms with Crippen LogP contribution in [0.25, 0.3) is 38.9 Å². The Morgan fingerprint density at radius 1 is 0.912 bits per heavy atom. The highest BCUT2D eigenvalue weighted by molar-refractivity contribution is 7.98. The van der Waals surface area contributed by atoms with Gasteiger partial charge in [-0.1, -0.05) is 54.2 Å². The molecule has 3 aromatic carbocycles. The molecule has 6 aromatic rings. The summed E-state index contributed by atoms with van der Waals surface area (Å²) in [6.45, 7) is 2.08. The number of thioether (sulfide) groups is 1. The molecule has 166 valence electrons. The summed E-state index contributed by atoms with van der Waals surface area (Å²) in [5.74, 6) is 2.45. The van der Waals surface area contributed by atoms with Gasteiger partial charge >= 0.3 is 0 Å². The van der Waals surface area contributed by atoms with Crippen molar-refractivity contribution >= 4 is 39.4 Å². The number of nitrogen functional groups attached to an aromatic ring is 1. The van der Waals surface area contributed by atoms with E-state index in [2.05, 4.69) is 62.0 Å². The van der Waals surface area contributed by atoms with Crippen molar-refractivity contribution in [1.82, 2.24) is 29.7 Å². The maximum Gasteiger partial charge on any atom is 0.196 e. The van der Waals surface area contributed by atoms with Gasteiger partial charge < -0.3 is 10.7 Å². The molecule has 0 radical (unpaired) electrons. The highest BCUT2D eigenvalue weighted by Gasteiger charge is 2.19. The van der Waals surface area contributed by atoms with Crippen molar-refractivity contribution in [2.45, 2.75) is 17.8 Å². The zero-order valence-electron chi connectivity index (χ0n) is 18.4. The number of para-hydroxylation sites is 2. The Balaban J connectivity index is 1.43. The first kappa shape index (κ1) is 20.4. The van der Waals surface area contributed by atoms with Gasteiger partial charge in [0.15, 0.2) is 11.0 Å². The molecular formula is C26H21N7S. The van der Waals surface area contributed by atoms with Crippen molar-refractivity contribution in [2.75, 3.05) is 5.73 Å². The molecule has 6 rings (SSSR count). The first-order valence-corrected chi connectivity index (χ1v) is 11.9. The molecule has 3 aromatic heterocycles. The number of fused-ring (bicyclic) bond motifs is 2. The van der Waals surface area contributed by atoms with E-state index >= 15 is 0 Å². The Kier molecular flexibility index (Phi) is 5.00. The highest BCUT2D eigenvalue weighted by Crippen LogP contribution is 2.33. The van der Waals surface area contributed by atoms with Gasteiger partial charge in [0.05, 0.1) is 11.3 Å². The molecule has 0 saturated heterocycles. The number of aromatic amines is 1. The van der Waals surface area contributed by atoms with Crippen molar-refractivity contribution in [1.29, 1.82) is 0 Å². The molecule has 34 heavy (non-hydrogen) atoms. The second-order valence-corrected chi connectivity index (χ2v) is 9.00. The number of rotatable bonds is 5. The van der Waals surface area contributed by atoms with Crippen LogP contribution >= 0.6 is 11.8 Å². The van der Waals surface area contributed by atoms with E-state index in [-0.39, 0.29) is 0 Å². The summed E-state index contributed by atoms with van der Waals surface area (Å²) in [6.07, 6.45) is 1.99. The maximum atomic E-state index is 6.19. The fraction of sp³-hybridized carbons (Fsp3) is 0.0769. The van der Waals surface area contributed by atoms with Crippen molar-refractivity contribution in [3.63, 3.8) is 0 Å². The number of aromatic nitrogens is 6. The molecule has 0 saturated carbocycles. The number of anilines is 1. The van der Waals surface area contributed by atoms with Crippen LogP contribution in [0.5, 0.6) is 0 Å². The first-order valence-electron chi connectivity index (χ1n) is 10.9. The molecule has 0 atom stereocenters. The van der Waals surface area contributed by atoms with Crippen LogP contribution in [-0.2, 0) is 5.75 Å². The first-order chi connectivity index (χ1) is 16.7. The number of H-pyrrole nitrogens is 1. The van der Waals surface area contributed by atoms with E-state index in [0.29, 0.717) is 17.4 Å². The number of aryl methyl sites for hydroxylation is 1. The third-order valence-electron chi connectivity index (χ3n) is 5.73. The summed E-state index contributed by atoms with van der Waals surface area (Å²) in [5, 5.41) is 11.9. The number of nitrogens with two attached hydrogens (primary N) is 1. The lowest BCUT2D eigenvalue weighted by atomic mass is 10.1. The van der Waals surface area contributed by atoms with E-state index in [1.165, 1.54) is 0 Å². The second kappa shape index (κ2) is 8.31. The van der Waals surface area contributed by atoms with E-state index < -0.39 is 0 Å². The Morgan fingerprint density at radius 3 is 2.62 bits per heavy atom. The minimum absolute atomic E-state index is 0.487. The van der Waals surface area contributed by atoms with E-state index in [9.17, 15) is 0 Å². The van der Waals surface area contributed by atoms with Gasteiger partial charge in [-0.3, -0.25) is 4.57 Å². The highest BCUT2D eigenvalue weighted by atomic mass is 32.2. The van der Waals surface area contributed by atoms with Gasteiger partial charge in [0.2, 0.25) is 0 Å². The molecule has 0 aliphatic rings. The van der Waals surface area contributed by atoms with Crippen molar-refractivity contribution < 1.29 is 0 Å². The van der Waals surface area contributed by atoms with Crippen LogP contribution in [0.3, 0.4) is 0 Å². The van der Waals surface area contributed by atoms with Gasteiger partial charge in [-0.05, 0) is 42.8 Å². The molecule has 3 heterocycles. The molecule has 0 bridgehead atoms. The smallest absolute Gasteiger partial charge is 0.196 e. The van der Waals surface area contributed by atoms with Gasteiger partial charge in [-0.2, -0.15) is 0 Å². The van der Waals surface area contributed by atoms with Crippen LogP contribution in [0, 0.1) is 6.92 Å². The lowest BCUT2D eigenvalue weighted by Crippen LogP contribution is -2.02. The minimum Gasteiger partial charge on any atom is -0.383 e. The quantitative estimate of drug-likeness (QED) is 0.326. The predicted molar refractivity (Wildman–Crippen MR) is 137 cm³/mol. The molecule has 0 spiro atoms. The normalized spacial score (nSPS) is 11.4. The number of hydrogen-bond acceptors (Lipinski definition) is 6. The average Bonchev–Trinajstić information content (AvgIpc) is 3.47. The molecule has 8 heteroatoms. The van der Waals surface area contributed by atoms with E-state index in [4.69, 9.17) is 10.7 Å².